The van der Waals surface area contributed by atoms with Gasteiger partial charge in [-0.15, -0.1) is 0 Å². The van der Waals surface area contributed by atoms with Crippen LogP contribution in [0.3, 0.4) is 0 Å². The van der Waals surface area contributed by atoms with Crippen LogP contribution in [0.4, 0.5) is 14.5 Å². The van der Waals surface area contributed by atoms with Gasteiger partial charge in [-0.1, -0.05) is 11.8 Å². The van der Waals surface area contributed by atoms with Crippen LogP contribution in [0.2, 0.25) is 0 Å². The minimum absolute atomic E-state index is 0.104. The van der Waals surface area contributed by atoms with Crippen molar-refractivity contribution in [2.24, 2.45) is 0 Å². The van der Waals surface area contributed by atoms with E-state index < -0.39 is 18.6 Å². The molecule has 43 heavy (non-hydrogen) atoms. The van der Waals surface area contributed by atoms with Crippen LogP contribution in [-0.4, -0.2) is 82.8 Å². The number of halogens is 2. The summed E-state index contributed by atoms with van der Waals surface area (Å²) in [6, 6.07) is 6.25. The molecule has 0 aliphatic rings. The van der Waals surface area contributed by atoms with E-state index in [1.54, 1.807) is 62.5 Å². The highest BCUT2D eigenvalue weighted by Crippen LogP contribution is 2.39. The van der Waals surface area contributed by atoms with E-state index in [1.165, 1.54) is 50.5 Å². The van der Waals surface area contributed by atoms with Crippen molar-refractivity contribution in [3.63, 3.8) is 0 Å². The van der Waals surface area contributed by atoms with Gasteiger partial charge in [0, 0.05) is 49.3 Å². The molecule has 0 bridgehead atoms. The molecule has 0 saturated carbocycles. The van der Waals surface area contributed by atoms with Gasteiger partial charge in [-0.25, -0.2) is 9.50 Å². The number of nitrogens with zero attached hydrogens (tertiary/aromatic N) is 8. The monoisotopic (exact) mass is 611 g/mol. The fraction of sp³-hybridized carbons (Fsp3) is 0.259. The molecule has 0 radical (unpaired) electrons. The Bertz CT molecular complexity index is 1770. The summed E-state index contributed by atoms with van der Waals surface area (Å²) < 4.78 is 36.1. The zero-order valence-corrected chi connectivity index (χ0v) is 24.1. The normalized spacial score (nSPS) is 12.1. The zero-order valence-electron chi connectivity index (χ0n) is 23.3. The average molecular weight is 612 g/mol. The van der Waals surface area contributed by atoms with E-state index in [0.29, 0.717) is 17.1 Å². The lowest BCUT2D eigenvalue weighted by atomic mass is 10.1. The molecule has 1 unspecified atom stereocenters. The second kappa shape index (κ2) is 12.6. The molecular formula is C27H27F2N9O4S. The Balaban J connectivity index is 1.54. The number of nitrogens with one attached hydrogen (secondary N) is 1. The number of anilines is 1. The largest absolute Gasteiger partial charge is 0.434 e. The van der Waals surface area contributed by atoms with Gasteiger partial charge < -0.3 is 20.1 Å². The van der Waals surface area contributed by atoms with Crippen molar-refractivity contribution in [1.82, 2.24) is 39.1 Å². The summed E-state index contributed by atoms with van der Waals surface area (Å²) in [7, 11) is 3.18. The van der Waals surface area contributed by atoms with Crippen LogP contribution in [0.1, 0.15) is 17.3 Å². The topological polar surface area (TPSA) is 145 Å². The van der Waals surface area contributed by atoms with Crippen molar-refractivity contribution in [2.75, 3.05) is 19.4 Å². The van der Waals surface area contributed by atoms with Gasteiger partial charge in [0.25, 0.3) is 5.91 Å². The molecule has 0 saturated heterocycles. The predicted molar refractivity (Wildman–Crippen MR) is 152 cm³/mol. The molecule has 1 atom stereocenters. The van der Waals surface area contributed by atoms with Crippen LogP contribution < -0.4 is 10.1 Å². The number of fused-ring (bicyclic) bond motifs is 1. The fourth-order valence-electron chi connectivity index (χ4n) is 4.11. The first-order chi connectivity index (χ1) is 20.6. The fourth-order valence-corrected chi connectivity index (χ4v) is 4.97. The van der Waals surface area contributed by atoms with Gasteiger partial charge in [0.05, 0.1) is 35.6 Å². The van der Waals surface area contributed by atoms with Gasteiger partial charge in [-0.3, -0.25) is 19.0 Å². The highest BCUT2D eigenvalue weighted by molar-refractivity contribution is 7.99. The van der Waals surface area contributed by atoms with Crippen LogP contribution in [0, 0.1) is 0 Å². The third kappa shape index (κ3) is 6.98. The van der Waals surface area contributed by atoms with Gasteiger partial charge in [-0.05, 0) is 31.2 Å². The number of likely N-dealkylation sites (N-methyl/N-ethyl adjacent to an activating group) is 1. The number of hydrogen-bond acceptors (Lipinski definition) is 9. The minimum Gasteiger partial charge on any atom is -0.434 e. The lowest BCUT2D eigenvalue weighted by Gasteiger charge is -2.13. The van der Waals surface area contributed by atoms with E-state index >= 15 is 0 Å². The standard InChI is InChI=1S/C27H27F2N9O4S/c1-16(39)12-36-13-18(10-31-36)43-17-5-6-22(42-27(28)29)19(9-17)24-21(14-37(34-24)15-23(40)35(2)3)33-26(41)20-11-32-38-8-4-7-30-25(20)38/h4-11,13-14,16,27,39H,12,15H2,1-3H3,(H,33,41). The Morgan fingerprint density at radius 2 is 1.95 bits per heavy atom. The van der Waals surface area contributed by atoms with Gasteiger partial charge >= 0.3 is 6.61 Å². The SMILES string of the molecule is CC(O)Cn1cc(Sc2ccc(OC(F)F)c(-c3nn(CC(=O)N(C)C)cc3NC(=O)c3cnn4cccnc34)c2)cn1. The molecule has 224 valence electrons. The number of aliphatic hydroxyl groups is 1. The van der Waals surface area contributed by atoms with Crippen molar-refractivity contribution < 1.29 is 28.2 Å². The molecule has 16 heteroatoms. The van der Waals surface area contributed by atoms with Gasteiger partial charge in [0.2, 0.25) is 5.91 Å². The second-order valence-electron chi connectivity index (χ2n) is 9.66. The molecule has 4 aromatic heterocycles. The molecule has 0 aliphatic heterocycles. The molecule has 5 aromatic rings. The van der Waals surface area contributed by atoms with Gasteiger partial charge in [0.1, 0.15) is 23.6 Å². The van der Waals surface area contributed by atoms with Crippen LogP contribution in [0.25, 0.3) is 16.9 Å². The molecule has 5 rings (SSSR count). The summed E-state index contributed by atoms with van der Waals surface area (Å²) in [6.07, 6.45) is 8.74. The van der Waals surface area contributed by atoms with Crippen LogP contribution in [-0.2, 0) is 17.9 Å². The molecule has 0 spiro atoms. The van der Waals surface area contributed by atoms with E-state index in [-0.39, 0.29) is 40.7 Å². The van der Waals surface area contributed by atoms with E-state index in [0.717, 1.165) is 4.90 Å². The van der Waals surface area contributed by atoms with Gasteiger partial charge in [0.15, 0.2) is 5.65 Å². The lowest BCUT2D eigenvalue weighted by Crippen LogP contribution is -2.26. The number of aliphatic hydroxyl groups excluding tert-OH is 1. The minimum atomic E-state index is -3.13. The van der Waals surface area contributed by atoms with Gasteiger partial charge in [-0.2, -0.15) is 24.1 Å². The number of rotatable bonds is 11. The molecule has 2 N–H and O–H groups in total. The average Bonchev–Trinajstić information content (AvgIpc) is 3.67. The maximum Gasteiger partial charge on any atom is 0.387 e. The number of ether oxygens (including phenoxy) is 1. The Morgan fingerprint density at radius 3 is 2.70 bits per heavy atom. The second-order valence-corrected chi connectivity index (χ2v) is 10.8. The van der Waals surface area contributed by atoms with Crippen molar-refractivity contribution in [1.29, 1.82) is 0 Å². The molecular weight excluding hydrogens is 584 g/mol. The molecule has 1 aromatic carbocycles. The summed E-state index contributed by atoms with van der Waals surface area (Å²) in [5.41, 5.74) is 0.898. The first-order valence-corrected chi connectivity index (χ1v) is 13.7. The summed E-state index contributed by atoms with van der Waals surface area (Å²) in [5.74, 6) is -1.02. The Labute approximate surface area is 248 Å². The van der Waals surface area contributed by atoms with Crippen LogP contribution >= 0.6 is 11.8 Å². The molecule has 0 fully saturated rings. The van der Waals surface area contributed by atoms with Crippen molar-refractivity contribution >= 4 is 34.9 Å². The van der Waals surface area contributed by atoms with Crippen molar-refractivity contribution in [3.05, 3.63) is 67.0 Å². The van der Waals surface area contributed by atoms with E-state index in [2.05, 4.69) is 25.6 Å². The number of hydrogen-bond donors (Lipinski definition) is 2. The molecule has 0 aliphatic carbocycles. The Hall–Kier alpha value is -4.83. The summed E-state index contributed by atoms with van der Waals surface area (Å²) >= 11 is 1.30. The third-order valence-corrected chi connectivity index (χ3v) is 6.98. The smallest absolute Gasteiger partial charge is 0.387 e. The first-order valence-electron chi connectivity index (χ1n) is 12.9. The molecule has 2 amide bonds. The van der Waals surface area contributed by atoms with Crippen molar-refractivity contribution in [3.8, 4) is 17.0 Å². The Morgan fingerprint density at radius 1 is 1.14 bits per heavy atom. The first kappa shape index (κ1) is 29.7. The summed E-state index contributed by atoms with van der Waals surface area (Å²) in [4.78, 5) is 32.8. The van der Waals surface area contributed by atoms with Crippen LogP contribution in [0.15, 0.2) is 71.2 Å². The molecule has 4 heterocycles. The number of carbonyl (C=O) groups excluding carboxylic acids is 2. The summed E-state index contributed by atoms with van der Waals surface area (Å²) in [5, 5.41) is 25.3. The summed E-state index contributed by atoms with van der Waals surface area (Å²) in [6.45, 7) is -1.34. The number of carbonyl (C=O) groups is 2. The highest BCUT2D eigenvalue weighted by Gasteiger charge is 2.23. The maximum atomic E-state index is 13.5. The van der Waals surface area contributed by atoms with Crippen molar-refractivity contribution in [2.45, 2.75) is 42.5 Å². The molecule has 13 nitrogen and oxygen atoms in total. The zero-order chi connectivity index (χ0) is 30.7. The lowest BCUT2D eigenvalue weighted by molar-refractivity contribution is -0.129. The predicted octanol–water partition coefficient (Wildman–Crippen LogP) is 3.26. The highest BCUT2D eigenvalue weighted by atomic mass is 32.2. The number of aromatic nitrogens is 7. The number of benzene rings is 1. The van der Waals surface area contributed by atoms with E-state index in [1.807, 2.05) is 0 Å². The number of alkyl halides is 2. The van der Waals surface area contributed by atoms with E-state index in [4.69, 9.17) is 4.74 Å². The third-order valence-electron chi connectivity index (χ3n) is 6.05. The quantitative estimate of drug-likeness (QED) is 0.230. The van der Waals surface area contributed by atoms with E-state index in [9.17, 15) is 23.5 Å². The maximum absolute atomic E-state index is 13.5. The van der Waals surface area contributed by atoms with Crippen LogP contribution in [0.5, 0.6) is 5.75 Å². The number of amides is 2. The Kier molecular flexibility index (Phi) is 8.68.